The molecular weight excluding hydrogens is 512 g/mol. The molecule has 1 aromatic heterocycles. The van der Waals surface area contributed by atoms with Crippen LogP contribution < -0.4 is 10.6 Å². The van der Waals surface area contributed by atoms with Crippen LogP contribution in [0.2, 0.25) is 0 Å². The first-order chi connectivity index (χ1) is 18.3. The quantitative estimate of drug-likeness (QED) is 0.288. The summed E-state index contributed by atoms with van der Waals surface area (Å²) in [5.41, 5.74) is 2.00. The first-order valence-electron chi connectivity index (χ1n) is 13.1. The molecule has 0 saturated carbocycles. The number of anilines is 2. The third-order valence-electron chi connectivity index (χ3n) is 4.96. The molecule has 2 N–H and O–H groups in total. The third-order valence-corrected chi connectivity index (χ3v) is 5.88. The monoisotopic (exact) mass is 552 g/mol. The Balaban J connectivity index is 0.00000260. The first-order valence-corrected chi connectivity index (χ1v) is 14.0. The Morgan fingerprint density at radius 2 is 1.44 bits per heavy atom. The SMILES string of the molecule is CC.CC(C)(C)OC(=O)CCc1ccc(C(=O)Nc2cc(-c3cccs3)ccc2NC(=O)OC(C)(C)C)cc1. The van der Waals surface area contributed by atoms with Gasteiger partial charge in [0.2, 0.25) is 0 Å². The van der Waals surface area contributed by atoms with Crippen LogP contribution in [-0.2, 0) is 20.7 Å². The van der Waals surface area contributed by atoms with E-state index >= 15 is 0 Å². The lowest BCUT2D eigenvalue weighted by atomic mass is 10.1. The number of benzene rings is 2. The molecule has 0 fully saturated rings. The zero-order valence-corrected chi connectivity index (χ0v) is 25.0. The topological polar surface area (TPSA) is 93.7 Å². The number of amides is 2. The number of nitrogens with one attached hydrogen (secondary N) is 2. The molecule has 3 rings (SSSR count). The number of hydrogen-bond donors (Lipinski definition) is 2. The molecule has 1 heterocycles. The van der Waals surface area contributed by atoms with E-state index in [1.165, 1.54) is 0 Å². The van der Waals surface area contributed by atoms with Gasteiger partial charge in [0.25, 0.3) is 5.91 Å². The highest BCUT2D eigenvalue weighted by atomic mass is 32.1. The van der Waals surface area contributed by atoms with Crippen molar-refractivity contribution in [3.05, 3.63) is 71.1 Å². The van der Waals surface area contributed by atoms with Crippen molar-refractivity contribution in [3.63, 3.8) is 0 Å². The van der Waals surface area contributed by atoms with E-state index in [1.54, 1.807) is 50.3 Å². The highest BCUT2D eigenvalue weighted by Gasteiger charge is 2.19. The largest absolute Gasteiger partial charge is 0.460 e. The standard InChI is InChI=1S/C29H34N2O5S.C2H6/c1-28(2,3)35-25(32)16-11-19-9-12-20(13-10-19)26(33)30-23-18-21(24-8-7-17-37-24)14-15-22(23)31-27(34)36-29(4,5)6;1-2/h7-10,12-15,17-18H,11,16H2,1-6H3,(H,30,33)(H,31,34);1-2H3. The van der Waals surface area contributed by atoms with Gasteiger partial charge in [-0.3, -0.25) is 14.9 Å². The maximum Gasteiger partial charge on any atom is 0.412 e. The molecule has 0 aliphatic heterocycles. The average Bonchev–Trinajstić information content (AvgIpc) is 3.38. The smallest absolute Gasteiger partial charge is 0.412 e. The molecule has 3 aromatic rings. The van der Waals surface area contributed by atoms with Crippen molar-refractivity contribution in [1.82, 2.24) is 0 Å². The Hall–Kier alpha value is -3.65. The van der Waals surface area contributed by atoms with Gasteiger partial charge < -0.3 is 14.8 Å². The van der Waals surface area contributed by atoms with Crippen LogP contribution in [0.25, 0.3) is 10.4 Å². The highest BCUT2D eigenvalue weighted by molar-refractivity contribution is 7.13. The maximum atomic E-state index is 13.1. The number of ether oxygens (including phenoxy) is 2. The molecule has 0 aliphatic rings. The minimum Gasteiger partial charge on any atom is -0.460 e. The number of carbonyl (C=O) groups excluding carboxylic acids is 3. The van der Waals surface area contributed by atoms with Gasteiger partial charge in [-0.25, -0.2) is 4.79 Å². The molecule has 7 nitrogen and oxygen atoms in total. The molecular formula is C31H40N2O5S. The van der Waals surface area contributed by atoms with E-state index in [0.717, 1.165) is 16.0 Å². The minimum atomic E-state index is -0.657. The number of carbonyl (C=O) groups is 3. The minimum absolute atomic E-state index is 0.259. The van der Waals surface area contributed by atoms with Crippen molar-refractivity contribution in [3.8, 4) is 10.4 Å². The van der Waals surface area contributed by atoms with Crippen LogP contribution in [0.15, 0.2) is 60.0 Å². The van der Waals surface area contributed by atoms with Gasteiger partial charge >= 0.3 is 12.1 Å². The van der Waals surface area contributed by atoms with Crippen molar-refractivity contribution >= 4 is 40.7 Å². The summed E-state index contributed by atoms with van der Waals surface area (Å²) in [5.74, 6) is -0.584. The summed E-state index contributed by atoms with van der Waals surface area (Å²) in [7, 11) is 0. The van der Waals surface area contributed by atoms with Gasteiger partial charge in [-0.2, -0.15) is 0 Å². The van der Waals surface area contributed by atoms with E-state index < -0.39 is 17.3 Å². The van der Waals surface area contributed by atoms with E-state index in [4.69, 9.17) is 9.47 Å². The fourth-order valence-electron chi connectivity index (χ4n) is 3.42. The Morgan fingerprint density at radius 3 is 2.00 bits per heavy atom. The van der Waals surface area contributed by atoms with Crippen LogP contribution in [0, 0.1) is 0 Å². The van der Waals surface area contributed by atoms with E-state index in [1.807, 2.05) is 76.4 Å². The van der Waals surface area contributed by atoms with Gasteiger partial charge in [0, 0.05) is 16.9 Å². The number of thiophene rings is 1. The summed E-state index contributed by atoms with van der Waals surface area (Å²) in [6, 6.07) is 16.5. The second kappa shape index (κ2) is 13.9. The number of hydrogen-bond acceptors (Lipinski definition) is 6. The van der Waals surface area contributed by atoms with Crippen molar-refractivity contribution in [2.45, 2.75) is 79.4 Å². The van der Waals surface area contributed by atoms with Gasteiger partial charge in [0.1, 0.15) is 11.2 Å². The molecule has 210 valence electrons. The Morgan fingerprint density at radius 1 is 0.795 bits per heavy atom. The molecule has 0 bridgehead atoms. The maximum absolute atomic E-state index is 13.1. The molecule has 8 heteroatoms. The van der Waals surface area contributed by atoms with E-state index in [9.17, 15) is 14.4 Å². The molecule has 0 atom stereocenters. The van der Waals surface area contributed by atoms with Gasteiger partial charge in [-0.1, -0.05) is 38.1 Å². The van der Waals surface area contributed by atoms with Crippen LogP contribution in [0.5, 0.6) is 0 Å². The summed E-state index contributed by atoms with van der Waals surface area (Å²) in [5, 5.41) is 7.62. The molecule has 2 amide bonds. The summed E-state index contributed by atoms with van der Waals surface area (Å²) in [6.07, 6.45) is 0.169. The predicted molar refractivity (Wildman–Crippen MR) is 160 cm³/mol. The molecule has 39 heavy (non-hydrogen) atoms. The van der Waals surface area contributed by atoms with Crippen molar-refractivity contribution in [2.75, 3.05) is 10.6 Å². The van der Waals surface area contributed by atoms with Crippen molar-refractivity contribution < 1.29 is 23.9 Å². The summed E-state index contributed by atoms with van der Waals surface area (Å²) in [6.45, 7) is 14.9. The van der Waals surface area contributed by atoms with Crippen LogP contribution in [0.4, 0.5) is 16.2 Å². The van der Waals surface area contributed by atoms with Crippen LogP contribution in [0.3, 0.4) is 0 Å². The Kier molecular flexibility index (Phi) is 11.3. The lowest BCUT2D eigenvalue weighted by molar-refractivity contribution is -0.154. The van der Waals surface area contributed by atoms with Gasteiger partial charge in [-0.15, -0.1) is 11.3 Å². The predicted octanol–water partition coefficient (Wildman–Crippen LogP) is 8.31. The first kappa shape index (κ1) is 31.6. The molecule has 0 saturated heterocycles. The molecule has 2 aromatic carbocycles. The third kappa shape index (κ3) is 10.9. The van der Waals surface area contributed by atoms with E-state index in [0.29, 0.717) is 23.4 Å². The molecule has 0 aliphatic carbocycles. The van der Waals surface area contributed by atoms with E-state index in [-0.39, 0.29) is 18.3 Å². The summed E-state index contributed by atoms with van der Waals surface area (Å²) >= 11 is 1.58. The highest BCUT2D eigenvalue weighted by Crippen LogP contribution is 2.32. The lowest BCUT2D eigenvalue weighted by Crippen LogP contribution is -2.27. The van der Waals surface area contributed by atoms with Crippen LogP contribution in [0.1, 0.15) is 77.7 Å². The van der Waals surface area contributed by atoms with Crippen molar-refractivity contribution in [1.29, 1.82) is 0 Å². The molecule has 0 spiro atoms. The van der Waals surface area contributed by atoms with Gasteiger partial charge in [-0.05, 0) is 94.8 Å². The van der Waals surface area contributed by atoms with Gasteiger partial charge in [0.15, 0.2) is 0 Å². The van der Waals surface area contributed by atoms with Crippen LogP contribution >= 0.6 is 11.3 Å². The van der Waals surface area contributed by atoms with E-state index in [2.05, 4.69) is 10.6 Å². The summed E-state index contributed by atoms with van der Waals surface area (Å²) < 4.78 is 10.7. The van der Waals surface area contributed by atoms with Gasteiger partial charge in [0.05, 0.1) is 11.4 Å². The number of esters is 1. The second-order valence-corrected chi connectivity index (χ2v) is 11.5. The zero-order chi connectivity index (χ0) is 29.2. The number of aryl methyl sites for hydroxylation is 1. The molecule has 0 unspecified atom stereocenters. The Bertz CT molecular complexity index is 1240. The fourth-order valence-corrected chi connectivity index (χ4v) is 4.15. The fraction of sp³-hybridized carbons (Fsp3) is 0.387. The summed E-state index contributed by atoms with van der Waals surface area (Å²) in [4.78, 5) is 38.5. The normalized spacial score (nSPS) is 11.1. The lowest BCUT2D eigenvalue weighted by Gasteiger charge is -2.21. The number of rotatable bonds is 7. The second-order valence-electron chi connectivity index (χ2n) is 10.6. The zero-order valence-electron chi connectivity index (χ0n) is 24.1. The van der Waals surface area contributed by atoms with Crippen molar-refractivity contribution in [2.24, 2.45) is 0 Å². The Labute approximate surface area is 235 Å². The van der Waals surface area contributed by atoms with Crippen LogP contribution in [-0.4, -0.2) is 29.2 Å². The molecule has 0 radical (unpaired) electrons. The average molecular weight is 553 g/mol.